The van der Waals surface area contributed by atoms with Gasteiger partial charge in [0.15, 0.2) is 11.6 Å². The van der Waals surface area contributed by atoms with Crippen molar-refractivity contribution < 1.29 is 9.13 Å². The largest absolute Gasteiger partial charge is 0.494 e. The average Bonchev–Trinajstić information content (AvgIpc) is 2.53. The third-order valence-electron chi connectivity index (χ3n) is 2.14. The van der Waals surface area contributed by atoms with Crippen LogP contribution in [0.5, 0.6) is 5.75 Å². The van der Waals surface area contributed by atoms with E-state index in [9.17, 15) is 4.39 Å². The molecule has 0 radical (unpaired) electrons. The second-order valence-electron chi connectivity index (χ2n) is 2.82. The number of hydrogen-bond donors (Lipinski definition) is 1. The Labute approximate surface area is 70.3 Å². The molecule has 1 N–H and O–H groups in total. The first kappa shape index (κ1) is 7.55. The number of methoxy groups -OCH3 is 1. The molecular weight excluding hydrogens is 157 g/mol. The maximum atomic E-state index is 13.4. The van der Waals surface area contributed by atoms with Crippen LogP contribution in [0.2, 0.25) is 0 Å². The lowest BCUT2D eigenvalue weighted by Crippen LogP contribution is -2.00. The highest BCUT2D eigenvalue weighted by Crippen LogP contribution is 2.26. The number of halogens is 1. The van der Waals surface area contributed by atoms with Gasteiger partial charge in [-0.05, 0) is 11.6 Å². The second-order valence-corrected chi connectivity index (χ2v) is 2.82. The Bertz CT molecular complexity index is 312. The maximum Gasteiger partial charge on any atom is 0.169 e. The van der Waals surface area contributed by atoms with Gasteiger partial charge < -0.3 is 10.1 Å². The zero-order chi connectivity index (χ0) is 8.55. The molecule has 1 aromatic carbocycles. The molecule has 0 aliphatic carbocycles. The number of benzene rings is 1. The van der Waals surface area contributed by atoms with Gasteiger partial charge >= 0.3 is 0 Å². The predicted octanol–water partition coefficient (Wildman–Crippen LogP) is 1.44. The fraction of sp³-hybridized carbons (Fsp3) is 0.333. The summed E-state index contributed by atoms with van der Waals surface area (Å²) in [5.41, 5.74) is 1.78. The van der Waals surface area contributed by atoms with Crippen molar-refractivity contribution in [2.24, 2.45) is 0 Å². The molecule has 0 spiro atoms. The molecule has 0 atom stereocenters. The zero-order valence-electron chi connectivity index (χ0n) is 6.86. The van der Waals surface area contributed by atoms with Crippen LogP contribution in [0.1, 0.15) is 11.1 Å². The second kappa shape index (κ2) is 2.75. The third kappa shape index (κ3) is 0.975. The summed E-state index contributed by atoms with van der Waals surface area (Å²) in [5.74, 6) is 0.109. The molecule has 12 heavy (non-hydrogen) atoms. The van der Waals surface area contributed by atoms with Crippen molar-refractivity contribution in [3.63, 3.8) is 0 Å². The van der Waals surface area contributed by atoms with Crippen LogP contribution in [0.15, 0.2) is 12.1 Å². The van der Waals surface area contributed by atoms with E-state index in [1.807, 2.05) is 6.07 Å². The molecule has 0 unspecified atom stereocenters. The van der Waals surface area contributed by atoms with E-state index in [1.54, 1.807) is 6.07 Å². The lowest BCUT2D eigenvalue weighted by molar-refractivity contribution is 0.384. The number of rotatable bonds is 1. The van der Waals surface area contributed by atoms with Crippen LogP contribution in [0.25, 0.3) is 0 Å². The molecule has 0 bridgehead atoms. The van der Waals surface area contributed by atoms with E-state index in [-0.39, 0.29) is 5.82 Å². The van der Waals surface area contributed by atoms with E-state index in [4.69, 9.17) is 4.74 Å². The molecule has 0 amide bonds. The van der Waals surface area contributed by atoms with Crippen molar-refractivity contribution in [2.75, 3.05) is 7.11 Å². The van der Waals surface area contributed by atoms with Crippen LogP contribution in [0.4, 0.5) is 4.39 Å². The molecule has 1 aliphatic rings. The van der Waals surface area contributed by atoms with E-state index >= 15 is 0 Å². The topological polar surface area (TPSA) is 21.3 Å². The van der Waals surface area contributed by atoms with Gasteiger partial charge in [-0.1, -0.05) is 6.07 Å². The summed E-state index contributed by atoms with van der Waals surface area (Å²) in [7, 11) is 1.48. The summed E-state index contributed by atoms with van der Waals surface area (Å²) in [5, 5.41) is 3.08. The molecule has 1 aliphatic heterocycles. The average molecular weight is 167 g/mol. The summed E-state index contributed by atoms with van der Waals surface area (Å²) in [4.78, 5) is 0. The number of nitrogens with one attached hydrogen (secondary N) is 1. The van der Waals surface area contributed by atoms with E-state index in [1.165, 1.54) is 7.11 Å². The number of hydrogen-bond acceptors (Lipinski definition) is 2. The Kier molecular flexibility index (Phi) is 1.73. The summed E-state index contributed by atoms with van der Waals surface area (Å²) in [6, 6.07) is 3.57. The van der Waals surface area contributed by atoms with Crippen LogP contribution in [0.3, 0.4) is 0 Å². The molecule has 0 fully saturated rings. The van der Waals surface area contributed by atoms with Crippen molar-refractivity contribution in [1.29, 1.82) is 0 Å². The smallest absolute Gasteiger partial charge is 0.169 e. The van der Waals surface area contributed by atoms with Crippen LogP contribution >= 0.6 is 0 Å². The van der Waals surface area contributed by atoms with Crippen molar-refractivity contribution in [3.05, 3.63) is 29.1 Å². The quantitative estimate of drug-likeness (QED) is 0.683. The minimum Gasteiger partial charge on any atom is -0.494 e. The first-order chi connectivity index (χ1) is 5.83. The van der Waals surface area contributed by atoms with Crippen molar-refractivity contribution in [3.8, 4) is 5.75 Å². The molecule has 2 nitrogen and oxygen atoms in total. The molecule has 0 saturated carbocycles. The lowest BCUT2D eigenvalue weighted by Gasteiger charge is -2.04. The highest BCUT2D eigenvalue weighted by atomic mass is 19.1. The van der Waals surface area contributed by atoms with Crippen molar-refractivity contribution >= 4 is 0 Å². The maximum absolute atomic E-state index is 13.4. The summed E-state index contributed by atoms with van der Waals surface area (Å²) in [6.45, 7) is 1.37. The van der Waals surface area contributed by atoms with Gasteiger partial charge in [0.2, 0.25) is 0 Å². The Morgan fingerprint density at radius 2 is 2.25 bits per heavy atom. The van der Waals surface area contributed by atoms with Crippen molar-refractivity contribution in [2.45, 2.75) is 13.1 Å². The Morgan fingerprint density at radius 1 is 1.42 bits per heavy atom. The molecular formula is C9H10FNO. The summed E-state index contributed by atoms with van der Waals surface area (Å²) < 4.78 is 18.3. The highest BCUT2D eigenvalue weighted by Gasteiger charge is 2.17. The third-order valence-corrected chi connectivity index (χ3v) is 2.14. The molecule has 0 aromatic heterocycles. The molecule has 1 aromatic rings. The Hall–Kier alpha value is -1.09. The number of ether oxygens (including phenoxy) is 1. The van der Waals surface area contributed by atoms with Gasteiger partial charge in [-0.25, -0.2) is 4.39 Å². The van der Waals surface area contributed by atoms with E-state index < -0.39 is 0 Å². The SMILES string of the molecule is COc1ccc2c(c1F)CNC2. The van der Waals surface area contributed by atoms with Gasteiger partial charge in [-0.15, -0.1) is 0 Å². The van der Waals surface area contributed by atoms with Gasteiger partial charge in [0, 0.05) is 18.7 Å². The van der Waals surface area contributed by atoms with E-state index in [0.29, 0.717) is 12.3 Å². The summed E-state index contributed by atoms with van der Waals surface area (Å²) in [6.07, 6.45) is 0. The first-order valence-electron chi connectivity index (χ1n) is 3.88. The van der Waals surface area contributed by atoms with Crippen molar-refractivity contribution in [1.82, 2.24) is 5.32 Å². The Balaban J connectivity index is 2.54. The van der Waals surface area contributed by atoms with Crippen LogP contribution in [0, 0.1) is 5.82 Å². The minimum atomic E-state index is -0.222. The lowest BCUT2D eigenvalue weighted by atomic mass is 10.1. The van der Waals surface area contributed by atoms with Crippen LogP contribution < -0.4 is 10.1 Å². The normalized spacial score (nSPS) is 14.5. The molecule has 64 valence electrons. The zero-order valence-corrected chi connectivity index (χ0v) is 6.86. The van der Waals surface area contributed by atoms with Gasteiger partial charge in [0.1, 0.15) is 0 Å². The minimum absolute atomic E-state index is 0.222. The fourth-order valence-corrected chi connectivity index (χ4v) is 1.48. The summed E-state index contributed by atoms with van der Waals surface area (Å²) >= 11 is 0. The first-order valence-corrected chi connectivity index (χ1v) is 3.88. The molecule has 2 rings (SSSR count). The number of fused-ring (bicyclic) bond motifs is 1. The highest BCUT2D eigenvalue weighted by molar-refractivity contribution is 5.39. The predicted molar refractivity (Wildman–Crippen MR) is 43.5 cm³/mol. The monoisotopic (exact) mass is 167 g/mol. The van der Waals surface area contributed by atoms with Gasteiger partial charge in [0.05, 0.1) is 7.11 Å². The fourth-order valence-electron chi connectivity index (χ4n) is 1.48. The van der Waals surface area contributed by atoms with E-state index in [2.05, 4.69) is 5.32 Å². The van der Waals surface area contributed by atoms with Crippen LogP contribution in [-0.4, -0.2) is 7.11 Å². The molecule has 0 saturated heterocycles. The van der Waals surface area contributed by atoms with Gasteiger partial charge in [-0.3, -0.25) is 0 Å². The van der Waals surface area contributed by atoms with Gasteiger partial charge in [-0.2, -0.15) is 0 Å². The molecule has 3 heteroatoms. The van der Waals surface area contributed by atoms with Gasteiger partial charge in [0.25, 0.3) is 0 Å². The van der Waals surface area contributed by atoms with Crippen LogP contribution in [-0.2, 0) is 13.1 Å². The molecule has 1 heterocycles. The Morgan fingerprint density at radius 3 is 3.00 bits per heavy atom. The van der Waals surface area contributed by atoms with E-state index in [0.717, 1.165) is 17.7 Å². The standard InChI is InChI=1S/C9H10FNO/c1-12-8-3-2-6-4-11-5-7(6)9(8)10/h2-3,11H,4-5H2,1H3.